The van der Waals surface area contributed by atoms with Crippen molar-refractivity contribution in [1.29, 1.82) is 0 Å². The van der Waals surface area contributed by atoms with Gasteiger partial charge in [-0.3, -0.25) is 14.4 Å². The predicted molar refractivity (Wildman–Crippen MR) is 93.1 cm³/mol. The zero-order valence-electron chi connectivity index (χ0n) is 15.0. The van der Waals surface area contributed by atoms with Gasteiger partial charge < -0.3 is 24.8 Å². The minimum Gasteiger partial charge on any atom is -0.497 e. The largest absolute Gasteiger partial charge is 0.497 e. The monoisotopic (exact) mass is 364 g/mol. The topological polar surface area (TPSA) is 105 Å². The molecule has 8 nitrogen and oxygen atoms in total. The molecule has 26 heavy (non-hydrogen) atoms. The number of ether oxygens (including phenoxy) is 2. The summed E-state index contributed by atoms with van der Waals surface area (Å²) in [6.07, 6.45) is 1.03. The summed E-state index contributed by atoms with van der Waals surface area (Å²) in [6.45, 7) is 0.387. The van der Waals surface area contributed by atoms with E-state index in [1.807, 2.05) is 0 Å². The third-order valence-corrected chi connectivity index (χ3v) is 4.54. The van der Waals surface area contributed by atoms with Crippen molar-refractivity contribution in [3.8, 4) is 5.75 Å². The minimum atomic E-state index is -1.10. The van der Waals surface area contributed by atoms with E-state index in [-0.39, 0.29) is 25.6 Å². The molecule has 1 aromatic carbocycles. The summed E-state index contributed by atoms with van der Waals surface area (Å²) in [4.78, 5) is 37.7. The first-order valence-corrected chi connectivity index (χ1v) is 8.34. The molecule has 1 aliphatic rings. The van der Waals surface area contributed by atoms with Gasteiger partial charge in [0.25, 0.3) is 5.91 Å². The highest BCUT2D eigenvalue weighted by molar-refractivity contribution is 5.96. The standard InChI is InChI=1S/C18H24N2O6/c1-25-12-18(17(23)24)7-4-8-20(11-18)15(21)10-19-16(22)13-5-3-6-14(9-13)26-2/h3,5-6,9H,4,7-8,10-12H2,1-2H3,(H,19,22)(H,23,24). The van der Waals surface area contributed by atoms with Gasteiger partial charge in [-0.1, -0.05) is 6.07 Å². The van der Waals surface area contributed by atoms with Crippen LogP contribution in [-0.2, 0) is 14.3 Å². The van der Waals surface area contributed by atoms with Gasteiger partial charge in [0.2, 0.25) is 5.91 Å². The number of hydrogen-bond donors (Lipinski definition) is 2. The van der Waals surface area contributed by atoms with Crippen molar-refractivity contribution in [3.05, 3.63) is 29.8 Å². The number of methoxy groups -OCH3 is 2. The minimum absolute atomic E-state index is 0.0439. The fraction of sp³-hybridized carbons (Fsp3) is 0.500. The summed E-state index contributed by atoms with van der Waals surface area (Å²) >= 11 is 0. The lowest BCUT2D eigenvalue weighted by molar-refractivity contribution is -0.158. The molecule has 2 N–H and O–H groups in total. The number of carboxylic acid groups (broad SMARTS) is 1. The van der Waals surface area contributed by atoms with Crippen LogP contribution in [0.1, 0.15) is 23.2 Å². The number of carbonyl (C=O) groups excluding carboxylic acids is 2. The average molecular weight is 364 g/mol. The van der Waals surface area contributed by atoms with Gasteiger partial charge in [-0.25, -0.2) is 0 Å². The molecular weight excluding hydrogens is 340 g/mol. The SMILES string of the molecule is COCC1(C(=O)O)CCCN(C(=O)CNC(=O)c2cccc(OC)c2)C1. The first kappa shape index (κ1) is 19.7. The van der Waals surface area contributed by atoms with Gasteiger partial charge in [0.05, 0.1) is 20.3 Å². The van der Waals surface area contributed by atoms with Crippen LogP contribution in [0.15, 0.2) is 24.3 Å². The molecule has 0 bridgehead atoms. The molecule has 1 fully saturated rings. The zero-order valence-corrected chi connectivity index (χ0v) is 15.0. The molecule has 0 spiro atoms. The number of nitrogens with zero attached hydrogens (tertiary/aromatic N) is 1. The first-order valence-electron chi connectivity index (χ1n) is 8.34. The summed E-state index contributed by atoms with van der Waals surface area (Å²) in [7, 11) is 2.95. The molecule has 0 aliphatic carbocycles. The quantitative estimate of drug-likeness (QED) is 0.740. The van der Waals surface area contributed by atoms with E-state index in [1.54, 1.807) is 24.3 Å². The molecule has 1 atom stereocenters. The third-order valence-electron chi connectivity index (χ3n) is 4.54. The van der Waals surface area contributed by atoms with Crippen LogP contribution in [0.3, 0.4) is 0 Å². The number of amides is 2. The van der Waals surface area contributed by atoms with Crippen molar-refractivity contribution in [2.24, 2.45) is 5.41 Å². The van der Waals surface area contributed by atoms with E-state index in [0.717, 1.165) is 0 Å². The smallest absolute Gasteiger partial charge is 0.313 e. The van der Waals surface area contributed by atoms with Crippen LogP contribution in [0.25, 0.3) is 0 Å². The third kappa shape index (κ3) is 4.51. The molecule has 1 aliphatic heterocycles. The number of nitrogens with one attached hydrogen (secondary N) is 1. The van der Waals surface area contributed by atoms with Gasteiger partial charge in [0.1, 0.15) is 11.2 Å². The molecule has 1 heterocycles. The van der Waals surface area contributed by atoms with Gasteiger partial charge in [0.15, 0.2) is 0 Å². The van der Waals surface area contributed by atoms with Crippen molar-refractivity contribution in [1.82, 2.24) is 10.2 Å². The van der Waals surface area contributed by atoms with Crippen LogP contribution in [0, 0.1) is 5.41 Å². The maximum atomic E-state index is 12.4. The molecule has 0 radical (unpaired) electrons. The summed E-state index contributed by atoms with van der Waals surface area (Å²) in [5, 5.41) is 12.1. The van der Waals surface area contributed by atoms with E-state index in [2.05, 4.69) is 5.32 Å². The number of carbonyl (C=O) groups is 3. The van der Waals surface area contributed by atoms with E-state index < -0.39 is 17.3 Å². The van der Waals surface area contributed by atoms with Crippen molar-refractivity contribution in [2.75, 3.05) is 40.5 Å². The van der Waals surface area contributed by atoms with Gasteiger partial charge in [0, 0.05) is 25.8 Å². The molecule has 1 aromatic rings. The lowest BCUT2D eigenvalue weighted by atomic mass is 9.80. The number of piperidine rings is 1. The van der Waals surface area contributed by atoms with E-state index in [0.29, 0.717) is 30.7 Å². The number of carboxylic acids is 1. The van der Waals surface area contributed by atoms with Gasteiger partial charge in [-0.2, -0.15) is 0 Å². The van der Waals surface area contributed by atoms with E-state index in [1.165, 1.54) is 19.1 Å². The van der Waals surface area contributed by atoms with Crippen LogP contribution in [0.4, 0.5) is 0 Å². The highest BCUT2D eigenvalue weighted by Gasteiger charge is 2.43. The maximum Gasteiger partial charge on any atom is 0.313 e. The fourth-order valence-electron chi connectivity index (χ4n) is 3.11. The van der Waals surface area contributed by atoms with E-state index in [4.69, 9.17) is 9.47 Å². The molecule has 1 saturated heterocycles. The Morgan fingerprint density at radius 3 is 2.73 bits per heavy atom. The summed E-state index contributed by atoms with van der Waals surface area (Å²) in [6, 6.07) is 6.61. The van der Waals surface area contributed by atoms with Crippen molar-refractivity contribution in [3.63, 3.8) is 0 Å². The van der Waals surface area contributed by atoms with Crippen molar-refractivity contribution >= 4 is 17.8 Å². The van der Waals surface area contributed by atoms with Crippen molar-refractivity contribution < 1.29 is 29.0 Å². The number of likely N-dealkylation sites (tertiary alicyclic amines) is 1. The number of hydrogen-bond acceptors (Lipinski definition) is 5. The Hall–Kier alpha value is -2.61. The Balaban J connectivity index is 1.96. The Morgan fingerprint density at radius 2 is 2.08 bits per heavy atom. The molecular formula is C18H24N2O6. The maximum absolute atomic E-state index is 12.4. The first-order chi connectivity index (χ1) is 12.4. The molecule has 2 rings (SSSR count). The normalized spacial score (nSPS) is 19.7. The Morgan fingerprint density at radius 1 is 1.31 bits per heavy atom. The van der Waals surface area contributed by atoms with Gasteiger partial charge in [-0.05, 0) is 31.0 Å². The zero-order chi connectivity index (χ0) is 19.2. The predicted octanol–water partition coefficient (Wildman–Crippen LogP) is 0.765. The molecule has 142 valence electrons. The van der Waals surface area contributed by atoms with Crippen LogP contribution in [0.2, 0.25) is 0 Å². The molecule has 0 saturated carbocycles. The second-order valence-corrected chi connectivity index (χ2v) is 6.35. The summed E-state index contributed by atoms with van der Waals surface area (Å²) in [5.41, 5.74) is -0.713. The van der Waals surface area contributed by atoms with Crippen LogP contribution >= 0.6 is 0 Å². The van der Waals surface area contributed by atoms with E-state index >= 15 is 0 Å². The highest BCUT2D eigenvalue weighted by atomic mass is 16.5. The molecule has 2 amide bonds. The summed E-state index contributed by atoms with van der Waals surface area (Å²) in [5.74, 6) is -1.14. The molecule has 0 aromatic heterocycles. The second kappa shape index (κ2) is 8.66. The van der Waals surface area contributed by atoms with E-state index in [9.17, 15) is 19.5 Å². The lowest BCUT2D eigenvalue weighted by Gasteiger charge is -2.39. The fourth-order valence-corrected chi connectivity index (χ4v) is 3.11. The highest BCUT2D eigenvalue weighted by Crippen LogP contribution is 2.30. The second-order valence-electron chi connectivity index (χ2n) is 6.35. The van der Waals surface area contributed by atoms with Crippen LogP contribution in [-0.4, -0.2) is 68.3 Å². The number of benzene rings is 1. The average Bonchev–Trinajstić information content (AvgIpc) is 2.66. The van der Waals surface area contributed by atoms with Crippen LogP contribution < -0.4 is 10.1 Å². The Bertz CT molecular complexity index is 673. The van der Waals surface area contributed by atoms with Gasteiger partial charge in [-0.15, -0.1) is 0 Å². The van der Waals surface area contributed by atoms with Crippen molar-refractivity contribution in [2.45, 2.75) is 12.8 Å². The Kier molecular flexibility index (Phi) is 6.57. The summed E-state index contributed by atoms with van der Waals surface area (Å²) < 4.78 is 10.1. The van der Waals surface area contributed by atoms with Gasteiger partial charge >= 0.3 is 5.97 Å². The number of rotatable bonds is 7. The van der Waals surface area contributed by atoms with Crippen LogP contribution in [0.5, 0.6) is 5.75 Å². The molecule has 1 unspecified atom stereocenters. The Labute approximate surface area is 152 Å². The number of aliphatic carboxylic acids is 1. The molecule has 8 heteroatoms. The lowest BCUT2D eigenvalue weighted by Crippen LogP contribution is -2.53.